The number of hydrogen-bond donors (Lipinski definition) is 1. The molecule has 21 heavy (non-hydrogen) atoms. The summed E-state index contributed by atoms with van der Waals surface area (Å²) in [7, 11) is 0. The average Bonchev–Trinajstić information content (AvgIpc) is 2.92. The van der Waals surface area contributed by atoms with E-state index in [1.807, 2.05) is 36.6 Å². The van der Waals surface area contributed by atoms with Gasteiger partial charge in [-0.15, -0.1) is 11.3 Å². The SMILES string of the molecule is Cc1ccc(-c2csc(Nc3nc(Cl)ncc3F)n2)cc1. The van der Waals surface area contributed by atoms with Crippen molar-refractivity contribution < 1.29 is 4.39 Å². The molecule has 0 atom stereocenters. The molecule has 106 valence electrons. The number of nitrogens with one attached hydrogen (secondary N) is 1. The maximum absolute atomic E-state index is 13.6. The number of anilines is 2. The molecule has 0 amide bonds. The Labute approximate surface area is 129 Å². The molecule has 0 unspecified atom stereocenters. The highest BCUT2D eigenvalue weighted by Gasteiger charge is 2.09. The van der Waals surface area contributed by atoms with Gasteiger partial charge >= 0.3 is 0 Å². The standard InChI is InChI=1S/C14H10ClFN4S/c1-8-2-4-9(5-3-8)11-7-21-14(18-11)20-12-10(16)6-17-13(15)19-12/h2-7H,1H3,(H,17,18,19,20). The average molecular weight is 321 g/mol. The molecule has 1 N–H and O–H groups in total. The number of aryl methyl sites for hydroxylation is 1. The zero-order valence-electron chi connectivity index (χ0n) is 11.0. The lowest BCUT2D eigenvalue weighted by atomic mass is 10.1. The summed E-state index contributed by atoms with van der Waals surface area (Å²) in [4.78, 5) is 11.8. The zero-order chi connectivity index (χ0) is 14.8. The Hall–Kier alpha value is -2.05. The normalized spacial score (nSPS) is 10.6. The molecule has 7 heteroatoms. The highest BCUT2D eigenvalue weighted by atomic mass is 35.5. The van der Waals surface area contributed by atoms with Crippen LogP contribution in [0, 0.1) is 12.7 Å². The Kier molecular flexibility index (Phi) is 3.81. The summed E-state index contributed by atoms with van der Waals surface area (Å²) in [6.07, 6.45) is 1.02. The van der Waals surface area contributed by atoms with Gasteiger partial charge in [-0.25, -0.2) is 14.4 Å². The van der Waals surface area contributed by atoms with Crippen molar-refractivity contribution in [3.8, 4) is 11.3 Å². The third kappa shape index (κ3) is 3.17. The minimum absolute atomic E-state index is 0.0137. The predicted octanol–water partition coefficient (Wildman–Crippen LogP) is 4.44. The highest BCUT2D eigenvalue weighted by Crippen LogP contribution is 2.27. The van der Waals surface area contributed by atoms with Gasteiger partial charge in [-0.3, -0.25) is 0 Å². The minimum atomic E-state index is -0.577. The smallest absolute Gasteiger partial charge is 0.224 e. The van der Waals surface area contributed by atoms with Crippen LogP contribution in [0.2, 0.25) is 5.28 Å². The Morgan fingerprint density at radius 3 is 2.71 bits per heavy atom. The molecule has 0 aliphatic rings. The fourth-order valence-electron chi connectivity index (χ4n) is 1.72. The van der Waals surface area contributed by atoms with Gasteiger partial charge in [0, 0.05) is 10.9 Å². The maximum Gasteiger partial charge on any atom is 0.224 e. The van der Waals surface area contributed by atoms with E-state index >= 15 is 0 Å². The van der Waals surface area contributed by atoms with Crippen molar-refractivity contribution in [3.05, 3.63) is 52.5 Å². The summed E-state index contributed by atoms with van der Waals surface area (Å²) in [6, 6.07) is 8.03. The largest absolute Gasteiger partial charge is 0.314 e. The number of thiazole rings is 1. The first-order chi connectivity index (χ1) is 10.1. The van der Waals surface area contributed by atoms with Crippen molar-refractivity contribution in [1.82, 2.24) is 15.0 Å². The number of benzene rings is 1. The van der Waals surface area contributed by atoms with Gasteiger partial charge < -0.3 is 5.32 Å². The van der Waals surface area contributed by atoms with Gasteiger partial charge in [-0.2, -0.15) is 4.98 Å². The van der Waals surface area contributed by atoms with Crippen LogP contribution in [-0.2, 0) is 0 Å². The van der Waals surface area contributed by atoms with Gasteiger partial charge in [-0.05, 0) is 18.5 Å². The molecule has 0 bridgehead atoms. The second-order valence-electron chi connectivity index (χ2n) is 4.36. The van der Waals surface area contributed by atoms with E-state index in [0.717, 1.165) is 17.5 Å². The Morgan fingerprint density at radius 1 is 1.19 bits per heavy atom. The zero-order valence-corrected chi connectivity index (χ0v) is 12.5. The van der Waals surface area contributed by atoms with E-state index in [1.165, 1.54) is 16.9 Å². The molecule has 4 nitrogen and oxygen atoms in total. The Bertz CT molecular complexity index is 773. The minimum Gasteiger partial charge on any atom is -0.314 e. The lowest BCUT2D eigenvalue weighted by Gasteiger charge is -2.02. The summed E-state index contributed by atoms with van der Waals surface area (Å²) < 4.78 is 13.6. The molecule has 0 aliphatic carbocycles. The maximum atomic E-state index is 13.6. The quantitative estimate of drug-likeness (QED) is 0.725. The van der Waals surface area contributed by atoms with Crippen molar-refractivity contribution in [2.45, 2.75) is 6.92 Å². The molecule has 0 fully saturated rings. The molecule has 0 saturated heterocycles. The summed E-state index contributed by atoms with van der Waals surface area (Å²) in [5.74, 6) is -0.564. The van der Waals surface area contributed by atoms with Crippen molar-refractivity contribution >= 4 is 33.9 Å². The number of halogens is 2. The van der Waals surface area contributed by atoms with E-state index in [-0.39, 0.29) is 11.1 Å². The molecule has 2 heterocycles. The van der Waals surface area contributed by atoms with E-state index in [0.29, 0.717) is 5.13 Å². The number of rotatable bonds is 3. The molecular formula is C14H10ClFN4S. The van der Waals surface area contributed by atoms with Crippen LogP contribution in [-0.4, -0.2) is 15.0 Å². The van der Waals surface area contributed by atoms with Crippen LogP contribution in [0.25, 0.3) is 11.3 Å². The third-order valence-electron chi connectivity index (χ3n) is 2.79. The van der Waals surface area contributed by atoms with Gasteiger partial charge in [-0.1, -0.05) is 29.8 Å². The molecule has 0 radical (unpaired) electrons. The Balaban J connectivity index is 1.85. The lowest BCUT2D eigenvalue weighted by molar-refractivity contribution is 0.619. The van der Waals surface area contributed by atoms with Gasteiger partial charge in [0.1, 0.15) is 0 Å². The van der Waals surface area contributed by atoms with E-state index in [1.54, 1.807) is 0 Å². The van der Waals surface area contributed by atoms with Crippen LogP contribution in [0.4, 0.5) is 15.3 Å². The first-order valence-electron chi connectivity index (χ1n) is 6.09. The number of aromatic nitrogens is 3. The fourth-order valence-corrected chi connectivity index (χ4v) is 2.57. The van der Waals surface area contributed by atoms with Crippen LogP contribution in [0.1, 0.15) is 5.56 Å². The second-order valence-corrected chi connectivity index (χ2v) is 5.56. The topological polar surface area (TPSA) is 50.7 Å². The molecular weight excluding hydrogens is 311 g/mol. The molecule has 3 rings (SSSR count). The van der Waals surface area contributed by atoms with Crippen LogP contribution in [0.5, 0.6) is 0 Å². The second kappa shape index (κ2) is 5.75. The van der Waals surface area contributed by atoms with Crippen molar-refractivity contribution in [1.29, 1.82) is 0 Å². The van der Waals surface area contributed by atoms with Crippen molar-refractivity contribution in [2.75, 3.05) is 5.32 Å². The van der Waals surface area contributed by atoms with Gasteiger partial charge in [0.15, 0.2) is 16.8 Å². The van der Waals surface area contributed by atoms with Gasteiger partial charge in [0.2, 0.25) is 5.28 Å². The highest BCUT2D eigenvalue weighted by molar-refractivity contribution is 7.14. The lowest BCUT2D eigenvalue weighted by Crippen LogP contribution is -1.98. The van der Waals surface area contributed by atoms with Crippen molar-refractivity contribution in [3.63, 3.8) is 0 Å². The number of hydrogen-bond acceptors (Lipinski definition) is 5. The van der Waals surface area contributed by atoms with Crippen molar-refractivity contribution in [2.24, 2.45) is 0 Å². The summed E-state index contributed by atoms with van der Waals surface area (Å²) in [5.41, 5.74) is 3.01. The van der Waals surface area contributed by atoms with E-state index in [2.05, 4.69) is 20.3 Å². The Morgan fingerprint density at radius 2 is 1.95 bits per heavy atom. The van der Waals surface area contributed by atoms with E-state index in [4.69, 9.17) is 11.6 Å². The van der Waals surface area contributed by atoms with Crippen LogP contribution in [0.15, 0.2) is 35.8 Å². The van der Waals surface area contributed by atoms with Gasteiger partial charge in [0.25, 0.3) is 0 Å². The first-order valence-corrected chi connectivity index (χ1v) is 7.35. The monoisotopic (exact) mass is 320 g/mol. The van der Waals surface area contributed by atoms with Crippen LogP contribution < -0.4 is 5.32 Å². The molecule has 3 aromatic rings. The summed E-state index contributed by atoms with van der Waals surface area (Å²) in [5, 5.41) is 5.23. The van der Waals surface area contributed by atoms with Gasteiger partial charge in [0.05, 0.1) is 11.9 Å². The predicted molar refractivity (Wildman–Crippen MR) is 82.6 cm³/mol. The molecule has 0 aliphatic heterocycles. The van der Waals surface area contributed by atoms with E-state index in [9.17, 15) is 4.39 Å². The van der Waals surface area contributed by atoms with Crippen LogP contribution >= 0.6 is 22.9 Å². The molecule has 0 saturated carbocycles. The van der Waals surface area contributed by atoms with Crippen LogP contribution in [0.3, 0.4) is 0 Å². The third-order valence-corrected chi connectivity index (χ3v) is 3.73. The molecule has 0 spiro atoms. The first kappa shape index (κ1) is 13.9. The summed E-state index contributed by atoms with van der Waals surface area (Å²) in [6.45, 7) is 2.03. The fraction of sp³-hybridized carbons (Fsp3) is 0.0714. The molecule has 1 aromatic carbocycles. The molecule has 2 aromatic heterocycles. The van der Waals surface area contributed by atoms with E-state index < -0.39 is 5.82 Å². The summed E-state index contributed by atoms with van der Waals surface area (Å²) >= 11 is 7.02. The number of nitrogens with zero attached hydrogens (tertiary/aromatic N) is 3.